The van der Waals surface area contributed by atoms with Gasteiger partial charge in [-0.1, -0.05) is 39.6 Å². The van der Waals surface area contributed by atoms with Crippen LogP contribution in [0.25, 0.3) is 0 Å². The fraction of sp³-hybridized carbons (Fsp3) is 0.188. The summed E-state index contributed by atoms with van der Waals surface area (Å²) in [5.41, 5.74) is -0.700. The average Bonchev–Trinajstić information content (AvgIpc) is 2.48. The van der Waals surface area contributed by atoms with Gasteiger partial charge in [0.15, 0.2) is 5.75 Å². The molecule has 2 aromatic rings. The summed E-state index contributed by atoms with van der Waals surface area (Å²) in [6.45, 7) is 1.70. The molecule has 0 unspecified atom stereocenters. The highest BCUT2D eigenvalue weighted by molar-refractivity contribution is 9.10. The minimum absolute atomic E-state index is 0.0791. The summed E-state index contributed by atoms with van der Waals surface area (Å²) in [5.74, 6) is 0.426. The molecule has 0 spiro atoms. The second kappa shape index (κ2) is 7.36. The zero-order valence-corrected chi connectivity index (χ0v) is 14.3. The summed E-state index contributed by atoms with van der Waals surface area (Å²) in [4.78, 5) is 5.23. The average molecular weight is 407 g/mol. The van der Waals surface area contributed by atoms with Crippen molar-refractivity contribution in [3.63, 3.8) is 0 Å². The Hall–Kier alpha value is -1.53. The molecule has 23 heavy (non-hydrogen) atoms. The van der Waals surface area contributed by atoms with Gasteiger partial charge in [-0.3, -0.25) is 0 Å². The molecule has 122 valence electrons. The first-order valence-corrected chi connectivity index (χ1v) is 7.85. The van der Waals surface area contributed by atoms with Crippen LogP contribution in [0.2, 0.25) is 5.02 Å². The minimum Gasteiger partial charge on any atom is -0.357 e. The smallest absolute Gasteiger partial charge is 0.357 e. The highest BCUT2D eigenvalue weighted by Gasteiger charge is 2.34. The monoisotopic (exact) mass is 405 g/mol. The highest BCUT2D eigenvalue weighted by atomic mass is 79.9. The number of hydrogen-bond acceptors (Lipinski definition) is 2. The number of halogens is 5. The van der Waals surface area contributed by atoms with Crippen LogP contribution >= 0.6 is 27.5 Å². The quantitative estimate of drug-likeness (QED) is 0.430. The third-order valence-electron chi connectivity index (χ3n) is 3.01. The normalized spacial score (nSPS) is 12.3. The third-order valence-corrected chi connectivity index (χ3v) is 3.77. The Morgan fingerprint density at radius 1 is 1.17 bits per heavy atom. The van der Waals surface area contributed by atoms with Crippen molar-refractivity contribution in [2.24, 2.45) is 5.16 Å². The Bertz CT molecular complexity index is 714. The maximum absolute atomic E-state index is 13.1. The molecule has 0 amide bonds. The summed E-state index contributed by atoms with van der Waals surface area (Å²) >= 11 is 9.12. The summed E-state index contributed by atoms with van der Waals surface area (Å²) < 4.78 is 40.3. The molecule has 0 saturated heterocycles. The summed E-state index contributed by atoms with van der Waals surface area (Å²) in [5, 5.41) is 4.08. The van der Waals surface area contributed by atoms with Crippen molar-refractivity contribution >= 4 is 33.2 Å². The van der Waals surface area contributed by atoms with Crippen LogP contribution in [0.5, 0.6) is 5.75 Å². The number of benzene rings is 2. The molecular weight excluding hydrogens is 395 g/mol. The van der Waals surface area contributed by atoms with Gasteiger partial charge in [-0.2, -0.15) is 13.2 Å². The van der Waals surface area contributed by atoms with E-state index in [0.29, 0.717) is 5.75 Å². The highest BCUT2D eigenvalue weighted by Crippen LogP contribution is 2.34. The second-order valence-electron chi connectivity index (χ2n) is 4.62. The van der Waals surface area contributed by atoms with Gasteiger partial charge in [-0.05, 0) is 48.9 Å². The summed E-state index contributed by atoms with van der Waals surface area (Å²) in [6.07, 6.45) is -4.23. The van der Waals surface area contributed by atoms with Crippen LogP contribution in [0.15, 0.2) is 52.1 Å². The molecule has 7 heteroatoms. The Morgan fingerprint density at radius 3 is 2.39 bits per heavy atom. The zero-order chi connectivity index (χ0) is 17.0. The van der Waals surface area contributed by atoms with E-state index in [1.54, 1.807) is 31.2 Å². The molecule has 0 aromatic heterocycles. The van der Waals surface area contributed by atoms with E-state index in [1.807, 2.05) is 0 Å². The van der Waals surface area contributed by atoms with Gasteiger partial charge < -0.3 is 4.84 Å². The topological polar surface area (TPSA) is 21.6 Å². The lowest BCUT2D eigenvalue weighted by atomic mass is 10.0. The van der Waals surface area contributed by atoms with Crippen LogP contribution in [0.3, 0.4) is 0 Å². The number of alkyl halides is 3. The Kier molecular flexibility index (Phi) is 5.70. The Labute approximate surface area is 145 Å². The molecule has 2 aromatic carbocycles. The molecule has 0 aliphatic carbocycles. The SMILES string of the molecule is CC/C(=N\Oc1ccc(Br)cc1)c1cc(Cl)ccc1C(F)(F)F. The van der Waals surface area contributed by atoms with Crippen LogP contribution in [0, 0.1) is 0 Å². The number of oxime groups is 1. The third kappa shape index (κ3) is 4.72. The van der Waals surface area contributed by atoms with Crippen LogP contribution in [-0.2, 0) is 6.18 Å². The number of hydrogen-bond donors (Lipinski definition) is 0. The van der Waals surface area contributed by atoms with Crippen molar-refractivity contribution in [2.75, 3.05) is 0 Å². The van der Waals surface area contributed by atoms with Gasteiger partial charge in [0.05, 0.1) is 11.3 Å². The molecule has 0 atom stereocenters. The molecule has 2 nitrogen and oxygen atoms in total. The molecule has 0 heterocycles. The maximum atomic E-state index is 13.1. The molecule has 0 saturated carbocycles. The molecule has 0 radical (unpaired) electrons. The standard InChI is InChI=1S/C16H12BrClF3NO/c1-2-15(22-23-12-6-3-10(17)4-7-12)13-9-11(18)5-8-14(13)16(19,20)21/h3-9H,2H2,1H3/b22-15+. The predicted octanol–water partition coefficient (Wildman–Crippen LogP) is 6.31. The van der Waals surface area contributed by atoms with Gasteiger partial charge in [0.2, 0.25) is 0 Å². The van der Waals surface area contributed by atoms with Crippen LogP contribution in [-0.4, -0.2) is 5.71 Å². The largest absolute Gasteiger partial charge is 0.417 e. The molecule has 0 N–H and O–H groups in total. The number of rotatable bonds is 4. The molecule has 0 bridgehead atoms. The summed E-state index contributed by atoms with van der Waals surface area (Å²) in [6, 6.07) is 10.2. The second-order valence-corrected chi connectivity index (χ2v) is 5.98. The van der Waals surface area contributed by atoms with Gasteiger partial charge in [-0.15, -0.1) is 0 Å². The fourth-order valence-electron chi connectivity index (χ4n) is 1.91. The van der Waals surface area contributed by atoms with Gasteiger partial charge in [0.25, 0.3) is 0 Å². The van der Waals surface area contributed by atoms with Gasteiger partial charge >= 0.3 is 6.18 Å². The van der Waals surface area contributed by atoms with Gasteiger partial charge in [0, 0.05) is 15.1 Å². The van der Waals surface area contributed by atoms with Crippen LogP contribution in [0.1, 0.15) is 24.5 Å². The first-order valence-electron chi connectivity index (χ1n) is 6.68. The van der Waals surface area contributed by atoms with E-state index in [9.17, 15) is 13.2 Å². The van der Waals surface area contributed by atoms with Crippen molar-refractivity contribution in [3.05, 3.63) is 63.1 Å². The van der Waals surface area contributed by atoms with Crippen LogP contribution in [0.4, 0.5) is 13.2 Å². The first-order chi connectivity index (χ1) is 10.8. The summed E-state index contributed by atoms with van der Waals surface area (Å²) in [7, 11) is 0. The van der Waals surface area contributed by atoms with E-state index in [0.717, 1.165) is 10.5 Å². The van der Waals surface area contributed by atoms with E-state index in [1.165, 1.54) is 12.1 Å². The zero-order valence-electron chi connectivity index (χ0n) is 12.0. The number of nitrogens with zero attached hydrogens (tertiary/aromatic N) is 1. The molecular formula is C16H12BrClF3NO. The Morgan fingerprint density at radius 2 is 1.83 bits per heavy atom. The van der Waals surface area contributed by atoms with Crippen LogP contribution < -0.4 is 4.84 Å². The maximum Gasteiger partial charge on any atom is 0.417 e. The first kappa shape index (κ1) is 17.8. The van der Waals surface area contributed by atoms with Crippen molar-refractivity contribution in [2.45, 2.75) is 19.5 Å². The van der Waals surface area contributed by atoms with E-state index in [2.05, 4.69) is 21.1 Å². The lowest BCUT2D eigenvalue weighted by Crippen LogP contribution is -2.14. The fourth-order valence-corrected chi connectivity index (χ4v) is 2.35. The molecule has 2 rings (SSSR count). The van der Waals surface area contributed by atoms with Gasteiger partial charge in [-0.25, -0.2) is 0 Å². The lowest BCUT2D eigenvalue weighted by molar-refractivity contribution is -0.137. The minimum atomic E-state index is -4.49. The van der Waals surface area contributed by atoms with Crippen molar-refractivity contribution in [1.82, 2.24) is 0 Å². The molecule has 0 fully saturated rings. The predicted molar refractivity (Wildman–Crippen MR) is 88.1 cm³/mol. The van der Waals surface area contributed by atoms with Gasteiger partial charge in [0.1, 0.15) is 0 Å². The molecule has 0 aliphatic heterocycles. The van der Waals surface area contributed by atoms with E-state index < -0.39 is 11.7 Å². The Balaban J connectivity index is 2.38. The van der Waals surface area contributed by atoms with E-state index in [4.69, 9.17) is 16.4 Å². The van der Waals surface area contributed by atoms with E-state index in [-0.39, 0.29) is 22.7 Å². The van der Waals surface area contributed by atoms with Crippen molar-refractivity contribution in [3.8, 4) is 5.75 Å². The lowest BCUT2D eigenvalue weighted by Gasteiger charge is -2.14. The van der Waals surface area contributed by atoms with Crippen molar-refractivity contribution < 1.29 is 18.0 Å². The molecule has 0 aliphatic rings. The van der Waals surface area contributed by atoms with Crippen molar-refractivity contribution in [1.29, 1.82) is 0 Å². The van der Waals surface area contributed by atoms with E-state index >= 15 is 0 Å².